The molecule has 2 N–H and O–H groups in total. The van der Waals surface area contributed by atoms with E-state index in [1.54, 1.807) is 24.8 Å². The highest BCUT2D eigenvalue weighted by Crippen LogP contribution is 2.41. The largest absolute Gasteiger partial charge is 0.348 e. The van der Waals surface area contributed by atoms with Crippen LogP contribution in [0.1, 0.15) is 61.4 Å². The molecule has 2 aromatic carbocycles. The van der Waals surface area contributed by atoms with Gasteiger partial charge in [-0.15, -0.1) is 0 Å². The van der Waals surface area contributed by atoms with Crippen molar-refractivity contribution in [1.29, 1.82) is 0 Å². The molecular formula is C26H29F2N3O3. The normalized spacial score (nSPS) is 22.9. The van der Waals surface area contributed by atoms with Crippen molar-refractivity contribution in [1.82, 2.24) is 15.5 Å². The fourth-order valence-corrected chi connectivity index (χ4v) is 5.13. The summed E-state index contributed by atoms with van der Waals surface area (Å²) in [6, 6.07) is 11.4. The van der Waals surface area contributed by atoms with E-state index in [-0.39, 0.29) is 35.7 Å². The number of hydrogen-bond donors (Lipinski definition) is 2. The molecule has 180 valence electrons. The monoisotopic (exact) mass is 469 g/mol. The highest BCUT2D eigenvalue weighted by atomic mass is 19.1. The van der Waals surface area contributed by atoms with Gasteiger partial charge in [0.1, 0.15) is 17.2 Å². The van der Waals surface area contributed by atoms with Gasteiger partial charge in [0.15, 0.2) is 0 Å². The number of carbonyl (C=O) groups is 3. The van der Waals surface area contributed by atoms with Gasteiger partial charge in [0.25, 0.3) is 5.91 Å². The Morgan fingerprint density at radius 3 is 2.53 bits per heavy atom. The Morgan fingerprint density at radius 2 is 1.82 bits per heavy atom. The summed E-state index contributed by atoms with van der Waals surface area (Å²) in [5.74, 6) is -1.97. The third-order valence-electron chi connectivity index (χ3n) is 6.81. The lowest BCUT2D eigenvalue weighted by Crippen LogP contribution is -2.57. The summed E-state index contributed by atoms with van der Waals surface area (Å²) < 4.78 is 27.3. The molecule has 0 unspecified atom stereocenters. The minimum atomic E-state index is -1.25. The molecule has 3 amide bonds. The van der Waals surface area contributed by atoms with Gasteiger partial charge in [0.2, 0.25) is 11.8 Å². The quantitative estimate of drug-likeness (QED) is 0.719. The van der Waals surface area contributed by atoms with E-state index in [9.17, 15) is 23.2 Å². The van der Waals surface area contributed by atoms with Gasteiger partial charge in [-0.3, -0.25) is 14.4 Å². The number of hydrogen-bond acceptors (Lipinski definition) is 3. The van der Waals surface area contributed by atoms with Gasteiger partial charge in [-0.2, -0.15) is 0 Å². The molecule has 2 aliphatic heterocycles. The van der Waals surface area contributed by atoms with Crippen molar-refractivity contribution in [2.75, 3.05) is 13.1 Å². The van der Waals surface area contributed by atoms with Crippen molar-refractivity contribution < 1.29 is 23.2 Å². The van der Waals surface area contributed by atoms with Gasteiger partial charge in [-0.05, 0) is 68.7 Å². The molecule has 2 atom stereocenters. The summed E-state index contributed by atoms with van der Waals surface area (Å²) in [6.07, 6.45) is 2.67. The first-order chi connectivity index (χ1) is 16.1. The Labute approximate surface area is 197 Å². The molecule has 34 heavy (non-hydrogen) atoms. The summed E-state index contributed by atoms with van der Waals surface area (Å²) in [7, 11) is 0. The smallest absolute Gasteiger partial charge is 0.252 e. The van der Waals surface area contributed by atoms with Crippen LogP contribution in [0, 0.1) is 11.6 Å². The Hall–Kier alpha value is -3.29. The number of nitrogens with one attached hydrogen (secondary N) is 2. The SMILES string of the molecule is CC(C)(NC(=O)c1ccc(F)cc1)C(=O)N1C[C@@H](c2cccc(F)c2)[C@@]2(CCCCC(=O)N2)C1. The average Bonchev–Trinajstić information content (AvgIpc) is 3.04. The van der Waals surface area contributed by atoms with Crippen LogP contribution in [0.5, 0.6) is 0 Å². The Kier molecular flexibility index (Phi) is 6.43. The average molecular weight is 470 g/mol. The molecule has 6 nitrogen and oxygen atoms in total. The van der Waals surface area contributed by atoms with Gasteiger partial charge in [0.05, 0.1) is 5.54 Å². The lowest BCUT2D eigenvalue weighted by atomic mass is 9.79. The van der Waals surface area contributed by atoms with Gasteiger partial charge in [0, 0.05) is 31.0 Å². The number of benzene rings is 2. The summed E-state index contributed by atoms with van der Waals surface area (Å²) in [6.45, 7) is 3.79. The van der Waals surface area contributed by atoms with E-state index in [2.05, 4.69) is 10.6 Å². The number of carbonyl (C=O) groups excluding carboxylic acids is 3. The number of likely N-dealkylation sites (tertiary alicyclic amines) is 1. The molecule has 2 fully saturated rings. The second kappa shape index (κ2) is 9.16. The molecule has 0 bridgehead atoms. The topological polar surface area (TPSA) is 78.5 Å². The molecule has 4 rings (SSSR count). The van der Waals surface area contributed by atoms with Crippen LogP contribution < -0.4 is 10.6 Å². The van der Waals surface area contributed by atoms with Crippen molar-refractivity contribution in [3.63, 3.8) is 0 Å². The highest BCUT2D eigenvalue weighted by molar-refractivity contribution is 5.99. The first-order valence-electron chi connectivity index (χ1n) is 11.5. The minimum absolute atomic E-state index is 0.0722. The number of nitrogens with zero attached hydrogens (tertiary/aromatic N) is 1. The molecular weight excluding hydrogens is 440 g/mol. The molecule has 2 aromatic rings. The molecule has 2 aliphatic rings. The van der Waals surface area contributed by atoms with Gasteiger partial charge in [-0.1, -0.05) is 18.6 Å². The zero-order valence-corrected chi connectivity index (χ0v) is 19.4. The second-order valence-corrected chi connectivity index (χ2v) is 9.79. The fraction of sp³-hybridized carbons (Fsp3) is 0.423. The standard InChI is InChI=1S/C26H29F2N3O3/c1-25(2,30-23(33)17-9-11-19(27)12-10-17)24(34)31-15-21(18-6-5-7-20(28)14-18)26(16-31)13-4-3-8-22(32)29-26/h5-7,9-12,14,21H,3-4,8,13,15-16H2,1-2H3,(H,29,32)(H,30,33)/t21-,26+/m0/s1. The fourth-order valence-electron chi connectivity index (χ4n) is 5.13. The van der Waals surface area contributed by atoms with E-state index < -0.39 is 22.8 Å². The van der Waals surface area contributed by atoms with E-state index in [4.69, 9.17) is 0 Å². The van der Waals surface area contributed by atoms with Crippen LogP contribution in [-0.2, 0) is 9.59 Å². The zero-order valence-electron chi connectivity index (χ0n) is 19.4. The maximum Gasteiger partial charge on any atom is 0.252 e. The van der Waals surface area contributed by atoms with Crippen molar-refractivity contribution in [2.45, 2.75) is 56.5 Å². The van der Waals surface area contributed by atoms with Crippen LogP contribution in [0.15, 0.2) is 48.5 Å². The van der Waals surface area contributed by atoms with Crippen LogP contribution >= 0.6 is 0 Å². The van der Waals surface area contributed by atoms with E-state index >= 15 is 0 Å². The van der Waals surface area contributed by atoms with Gasteiger partial charge in [-0.25, -0.2) is 8.78 Å². The molecule has 0 radical (unpaired) electrons. The summed E-state index contributed by atoms with van der Waals surface area (Å²) >= 11 is 0. The minimum Gasteiger partial charge on any atom is -0.348 e. The van der Waals surface area contributed by atoms with Crippen molar-refractivity contribution in [3.05, 3.63) is 71.3 Å². The van der Waals surface area contributed by atoms with Crippen LogP contribution in [-0.4, -0.2) is 46.8 Å². The molecule has 0 saturated carbocycles. The number of rotatable bonds is 4. The third kappa shape index (κ3) is 4.81. The zero-order chi connectivity index (χ0) is 24.5. The highest BCUT2D eigenvalue weighted by Gasteiger charge is 2.51. The van der Waals surface area contributed by atoms with E-state index in [0.29, 0.717) is 19.4 Å². The Bertz CT molecular complexity index is 1100. The molecule has 8 heteroatoms. The van der Waals surface area contributed by atoms with Gasteiger partial charge >= 0.3 is 0 Å². The van der Waals surface area contributed by atoms with Crippen LogP contribution in [0.3, 0.4) is 0 Å². The van der Waals surface area contributed by atoms with Crippen molar-refractivity contribution >= 4 is 17.7 Å². The third-order valence-corrected chi connectivity index (χ3v) is 6.81. The predicted molar refractivity (Wildman–Crippen MR) is 123 cm³/mol. The van der Waals surface area contributed by atoms with E-state index in [1.165, 1.54) is 36.4 Å². The molecule has 0 aromatic heterocycles. The molecule has 0 aliphatic carbocycles. The van der Waals surface area contributed by atoms with Crippen LogP contribution in [0.2, 0.25) is 0 Å². The Balaban J connectivity index is 1.59. The first-order valence-corrected chi connectivity index (χ1v) is 11.5. The summed E-state index contributed by atoms with van der Waals surface area (Å²) in [4.78, 5) is 40.4. The predicted octanol–water partition coefficient (Wildman–Crippen LogP) is 3.53. The maximum atomic E-state index is 14.1. The lowest BCUT2D eigenvalue weighted by Gasteiger charge is -2.35. The van der Waals surface area contributed by atoms with Gasteiger partial charge < -0.3 is 15.5 Å². The van der Waals surface area contributed by atoms with Crippen LogP contribution in [0.25, 0.3) is 0 Å². The Morgan fingerprint density at radius 1 is 1.09 bits per heavy atom. The first kappa shape index (κ1) is 23.9. The van der Waals surface area contributed by atoms with E-state index in [0.717, 1.165) is 18.4 Å². The number of amides is 3. The van der Waals surface area contributed by atoms with Crippen molar-refractivity contribution in [2.24, 2.45) is 0 Å². The maximum absolute atomic E-state index is 14.1. The molecule has 1 spiro atoms. The second-order valence-electron chi connectivity index (χ2n) is 9.79. The summed E-state index contributed by atoms with van der Waals surface area (Å²) in [5, 5.41) is 5.90. The van der Waals surface area contributed by atoms with E-state index in [1.807, 2.05) is 6.07 Å². The van der Waals surface area contributed by atoms with Crippen molar-refractivity contribution in [3.8, 4) is 0 Å². The lowest BCUT2D eigenvalue weighted by molar-refractivity contribution is -0.136. The van der Waals surface area contributed by atoms with Crippen LogP contribution in [0.4, 0.5) is 8.78 Å². The summed E-state index contributed by atoms with van der Waals surface area (Å²) in [5.41, 5.74) is -0.980. The molecule has 2 heterocycles. The molecule has 2 saturated heterocycles. The number of halogens is 2.